The Morgan fingerprint density at radius 3 is 2.35 bits per heavy atom. The molecule has 2 amide bonds. The SMILES string of the molecule is Cc1ccc(OCC(=O)N(Cc2ccc(F)cc2)C(C)C(=O)NC2CCCCC2)cc1. The Labute approximate surface area is 183 Å². The van der Waals surface area contributed by atoms with E-state index in [-0.39, 0.29) is 36.8 Å². The number of carbonyl (C=O) groups is 2. The van der Waals surface area contributed by atoms with Gasteiger partial charge < -0.3 is 15.0 Å². The van der Waals surface area contributed by atoms with Crippen molar-refractivity contribution < 1.29 is 18.7 Å². The molecular formula is C25H31FN2O3. The summed E-state index contributed by atoms with van der Waals surface area (Å²) in [6, 6.07) is 12.9. The van der Waals surface area contributed by atoms with Crippen LogP contribution in [0.3, 0.4) is 0 Å². The molecule has 0 radical (unpaired) electrons. The topological polar surface area (TPSA) is 58.6 Å². The van der Waals surface area contributed by atoms with E-state index in [1.807, 2.05) is 31.2 Å². The van der Waals surface area contributed by atoms with Crippen molar-refractivity contribution in [3.63, 3.8) is 0 Å². The number of hydrogen-bond donors (Lipinski definition) is 1. The first kappa shape index (κ1) is 22.8. The van der Waals surface area contributed by atoms with Gasteiger partial charge in [-0.05, 0) is 56.5 Å². The molecule has 166 valence electrons. The number of aryl methyl sites for hydroxylation is 1. The van der Waals surface area contributed by atoms with Crippen molar-refractivity contribution >= 4 is 11.8 Å². The summed E-state index contributed by atoms with van der Waals surface area (Å²) in [5.74, 6) is -0.207. The van der Waals surface area contributed by atoms with Crippen molar-refractivity contribution in [2.45, 2.75) is 64.6 Å². The van der Waals surface area contributed by atoms with Crippen LogP contribution < -0.4 is 10.1 Å². The lowest BCUT2D eigenvalue weighted by Crippen LogP contribution is -2.51. The maximum atomic E-state index is 13.3. The van der Waals surface area contributed by atoms with Crippen molar-refractivity contribution in [3.8, 4) is 5.75 Å². The Hall–Kier alpha value is -2.89. The molecular weight excluding hydrogens is 395 g/mol. The molecule has 1 aliphatic carbocycles. The average molecular weight is 427 g/mol. The fourth-order valence-electron chi connectivity index (χ4n) is 3.80. The second-order valence-electron chi connectivity index (χ2n) is 8.27. The minimum Gasteiger partial charge on any atom is -0.484 e. The van der Waals surface area contributed by atoms with Crippen LogP contribution in [0.5, 0.6) is 5.75 Å². The third kappa shape index (κ3) is 6.81. The van der Waals surface area contributed by atoms with Crippen LogP contribution in [0.4, 0.5) is 4.39 Å². The summed E-state index contributed by atoms with van der Waals surface area (Å²) >= 11 is 0. The molecule has 1 fully saturated rings. The zero-order valence-corrected chi connectivity index (χ0v) is 18.3. The molecule has 1 atom stereocenters. The van der Waals surface area contributed by atoms with Crippen LogP contribution in [-0.2, 0) is 16.1 Å². The average Bonchev–Trinajstić information content (AvgIpc) is 2.78. The second-order valence-corrected chi connectivity index (χ2v) is 8.27. The van der Waals surface area contributed by atoms with E-state index in [1.165, 1.54) is 23.5 Å². The van der Waals surface area contributed by atoms with Gasteiger partial charge in [-0.3, -0.25) is 9.59 Å². The van der Waals surface area contributed by atoms with Gasteiger partial charge in [0.25, 0.3) is 5.91 Å². The van der Waals surface area contributed by atoms with E-state index < -0.39 is 6.04 Å². The first-order valence-electron chi connectivity index (χ1n) is 11.0. The summed E-state index contributed by atoms with van der Waals surface area (Å²) < 4.78 is 19.0. The van der Waals surface area contributed by atoms with Gasteiger partial charge in [0.2, 0.25) is 5.91 Å². The van der Waals surface area contributed by atoms with Crippen molar-refractivity contribution in [2.75, 3.05) is 6.61 Å². The molecule has 2 aromatic rings. The molecule has 0 aliphatic heterocycles. The largest absolute Gasteiger partial charge is 0.484 e. The zero-order valence-electron chi connectivity index (χ0n) is 18.3. The maximum absolute atomic E-state index is 13.3. The normalized spacial score (nSPS) is 15.2. The van der Waals surface area contributed by atoms with Crippen LogP contribution in [0, 0.1) is 12.7 Å². The molecule has 0 aromatic heterocycles. The Balaban J connectivity index is 1.69. The number of nitrogens with one attached hydrogen (secondary N) is 1. The van der Waals surface area contributed by atoms with Gasteiger partial charge in [0.05, 0.1) is 0 Å². The minimum atomic E-state index is -0.666. The molecule has 1 saturated carbocycles. The van der Waals surface area contributed by atoms with Crippen molar-refractivity contribution in [1.82, 2.24) is 10.2 Å². The van der Waals surface area contributed by atoms with Gasteiger partial charge in [0.15, 0.2) is 6.61 Å². The van der Waals surface area contributed by atoms with Crippen molar-refractivity contribution in [2.24, 2.45) is 0 Å². The summed E-state index contributed by atoms with van der Waals surface area (Å²) in [5.41, 5.74) is 1.85. The highest BCUT2D eigenvalue weighted by Gasteiger charge is 2.28. The lowest BCUT2D eigenvalue weighted by atomic mass is 9.95. The highest BCUT2D eigenvalue weighted by atomic mass is 19.1. The van der Waals surface area contributed by atoms with Gasteiger partial charge in [-0.15, -0.1) is 0 Å². The number of benzene rings is 2. The Morgan fingerprint density at radius 1 is 1.06 bits per heavy atom. The molecule has 0 saturated heterocycles. The van der Waals surface area contributed by atoms with Crippen LogP contribution in [0.15, 0.2) is 48.5 Å². The molecule has 0 spiro atoms. The number of halogens is 1. The van der Waals surface area contributed by atoms with Crippen molar-refractivity contribution in [1.29, 1.82) is 0 Å². The minimum absolute atomic E-state index is 0.162. The van der Waals surface area contributed by atoms with Crippen LogP contribution in [0.1, 0.15) is 50.2 Å². The third-order valence-corrected chi connectivity index (χ3v) is 5.77. The Bertz CT molecular complexity index is 861. The van der Waals surface area contributed by atoms with Crippen LogP contribution in [0.2, 0.25) is 0 Å². The van der Waals surface area contributed by atoms with E-state index in [9.17, 15) is 14.0 Å². The first-order valence-corrected chi connectivity index (χ1v) is 11.0. The molecule has 5 nitrogen and oxygen atoms in total. The summed E-state index contributed by atoms with van der Waals surface area (Å²) in [6.45, 7) is 3.73. The van der Waals surface area contributed by atoms with E-state index in [4.69, 9.17) is 4.74 Å². The fraction of sp³-hybridized carbons (Fsp3) is 0.440. The lowest BCUT2D eigenvalue weighted by Gasteiger charge is -2.31. The van der Waals surface area contributed by atoms with E-state index in [1.54, 1.807) is 19.1 Å². The number of nitrogens with zero attached hydrogens (tertiary/aromatic N) is 1. The zero-order chi connectivity index (χ0) is 22.2. The third-order valence-electron chi connectivity index (χ3n) is 5.77. The fourth-order valence-corrected chi connectivity index (χ4v) is 3.80. The molecule has 1 aliphatic rings. The lowest BCUT2D eigenvalue weighted by molar-refractivity contribution is -0.142. The highest BCUT2D eigenvalue weighted by molar-refractivity contribution is 5.88. The molecule has 31 heavy (non-hydrogen) atoms. The number of rotatable bonds is 8. The number of ether oxygens (including phenoxy) is 1. The predicted octanol–water partition coefficient (Wildman–Crippen LogP) is 4.38. The quantitative estimate of drug-likeness (QED) is 0.682. The molecule has 2 aromatic carbocycles. The molecule has 0 heterocycles. The van der Waals surface area contributed by atoms with E-state index >= 15 is 0 Å². The molecule has 0 bridgehead atoms. The number of carbonyl (C=O) groups excluding carboxylic acids is 2. The monoisotopic (exact) mass is 426 g/mol. The summed E-state index contributed by atoms with van der Waals surface area (Å²) in [7, 11) is 0. The summed E-state index contributed by atoms with van der Waals surface area (Å²) in [6.07, 6.45) is 5.37. The van der Waals surface area contributed by atoms with Crippen LogP contribution in [-0.4, -0.2) is 35.4 Å². The molecule has 3 rings (SSSR count). The standard InChI is InChI=1S/C25H31FN2O3/c1-18-8-14-23(15-9-18)31-17-24(29)28(16-20-10-12-21(26)13-11-20)19(2)25(30)27-22-6-4-3-5-7-22/h8-15,19,22H,3-7,16-17H2,1-2H3,(H,27,30). The second kappa shape index (κ2) is 10.9. The summed E-state index contributed by atoms with van der Waals surface area (Å²) in [4.78, 5) is 27.4. The number of hydrogen-bond acceptors (Lipinski definition) is 3. The molecule has 6 heteroatoms. The number of amides is 2. The summed E-state index contributed by atoms with van der Waals surface area (Å²) in [5, 5.41) is 3.10. The molecule has 1 N–H and O–H groups in total. The Morgan fingerprint density at radius 2 is 1.71 bits per heavy atom. The van der Waals surface area contributed by atoms with Crippen LogP contribution in [0.25, 0.3) is 0 Å². The Kier molecular flexibility index (Phi) is 8.04. The van der Waals surface area contributed by atoms with Crippen LogP contribution >= 0.6 is 0 Å². The van der Waals surface area contributed by atoms with E-state index in [2.05, 4.69) is 5.32 Å². The van der Waals surface area contributed by atoms with E-state index in [0.29, 0.717) is 5.75 Å². The van der Waals surface area contributed by atoms with Gasteiger partial charge in [0, 0.05) is 12.6 Å². The van der Waals surface area contributed by atoms with Crippen molar-refractivity contribution in [3.05, 3.63) is 65.5 Å². The molecule has 1 unspecified atom stereocenters. The predicted molar refractivity (Wildman–Crippen MR) is 118 cm³/mol. The van der Waals surface area contributed by atoms with Gasteiger partial charge >= 0.3 is 0 Å². The van der Waals surface area contributed by atoms with Gasteiger partial charge in [-0.25, -0.2) is 4.39 Å². The highest BCUT2D eigenvalue weighted by Crippen LogP contribution is 2.19. The first-order chi connectivity index (χ1) is 14.9. The van der Waals surface area contributed by atoms with Gasteiger partial charge in [0.1, 0.15) is 17.6 Å². The maximum Gasteiger partial charge on any atom is 0.261 e. The van der Waals surface area contributed by atoms with Gasteiger partial charge in [-0.1, -0.05) is 49.1 Å². The smallest absolute Gasteiger partial charge is 0.261 e. The van der Waals surface area contributed by atoms with Gasteiger partial charge in [-0.2, -0.15) is 0 Å². The van der Waals surface area contributed by atoms with E-state index in [0.717, 1.165) is 36.8 Å².